The molecule has 2 aromatic rings. The Morgan fingerprint density at radius 2 is 2.19 bits per heavy atom. The van der Waals surface area contributed by atoms with E-state index < -0.39 is 0 Å². The van der Waals surface area contributed by atoms with Gasteiger partial charge in [-0.3, -0.25) is 4.79 Å². The van der Waals surface area contributed by atoms with Gasteiger partial charge < -0.3 is 16.0 Å². The van der Waals surface area contributed by atoms with E-state index in [4.69, 9.17) is 5.73 Å². The summed E-state index contributed by atoms with van der Waals surface area (Å²) < 4.78 is 0. The molecule has 0 aliphatic heterocycles. The number of halogens is 2. The van der Waals surface area contributed by atoms with Crippen molar-refractivity contribution in [2.45, 2.75) is 19.8 Å². The second-order valence-corrected chi connectivity index (χ2v) is 5.37. The van der Waals surface area contributed by atoms with Gasteiger partial charge >= 0.3 is 0 Å². The number of H-pyrrole nitrogens is 1. The summed E-state index contributed by atoms with van der Waals surface area (Å²) >= 11 is 1.60. The number of aromatic amines is 1. The van der Waals surface area contributed by atoms with Crippen molar-refractivity contribution in [3.63, 3.8) is 0 Å². The Bertz CT molecular complexity index is 556. The summed E-state index contributed by atoms with van der Waals surface area (Å²) in [4.78, 5) is 19.2. The molecule has 0 spiro atoms. The minimum absolute atomic E-state index is 0. The van der Waals surface area contributed by atoms with Gasteiger partial charge in [-0.05, 0) is 32.4 Å². The molecule has 0 saturated carbocycles. The van der Waals surface area contributed by atoms with Crippen LogP contribution in [0.25, 0.3) is 11.3 Å². The molecule has 0 aliphatic rings. The van der Waals surface area contributed by atoms with Crippen LogP contribution in [0, 0.1) is 6.92 Å². The number of hydrogen-bond donors (Lipinski definition) is 3. The summed E-state index contributed by atoms with van der Waals surface area (Å²) in [6.45, 7) is 3.28. The topological polar surface area (TPSA) is 83.8 Å². The van der Waals surface area contributed by atoms with Gasteiger partial charge in [-0.25, -0.2) is 4.98 Å². The molecular formula is C13H20Cl2N4OS. The number of carbonyl (C=O) groups is 1. The van der Waals surface area contributed by atoms with Gasteiger partial charge in [-0.2, -0.15) is 0 Å². The number of nitrogens with zero attached hydrogens (tertiary/aromatic N) is 1. The molecule has 0 saturated heterocycles. The van der Waals surface area contributed by atoms with Crippen LogP contribution in [0.15, 0.2) is 17.6 Å². The third-order valence-electron chi connectivity index (χ3n) is 2.76. The maximum absolute atomic E-state index is 11.9. The zero-order chi connectivity index (χ0) is 13.7. The first-order valence-electron chi connectivity index (χ1n) is 6.30. The maximum atomic E-state index is 11.9. The fraction of sp³-hybridized carbons (Fsp3) is 0.385. The van der Waals surface area contributed by atoms with E-state index in [9.17, 15) is 4.79 Å². The molecule has 0 atom stereocenters. The molecule has 1 amide bonds. The number of unbranched alkanes of at least 4 members (excludes halogenated alkanes) is 1. The number of nitrogens with two attached hydrogens (primary N) is 1. The third kappa shape index (κ3) is 5.67. The summed E-state index contributed by atoms with van der Waals surface area (Å²) in [5.41, 5.74) is 7.81. The minimum atomic E-state index is -0.0878. The van der Waals surface area contributed by atoms with E-state index in [-0.39, 0.29) is 30.7 Å². The van der Waals surface area contributed by atoms with E-state index in [0.29, 0.717) is 18.8 Å². The van der Waals surface area contributed by atoms with Crippen LogP contribution in [-0.4, -0.2) is 29.0 Å². The summed E-state index contributed by atoms with van der Waals surface area (Å²) in [7, 11) is 0. The number of thiazole rings is 1. The molecule has 8 heteroatoms. The Balaban J connectivity index is 0.00000200. The van der Waals surface area contributed by atoms with Gasteiger partial charge in [0.1, 0.15) is 5.69 Å². The summed E-state index contributed by atoms with van der Waals surface area (Å²) in [6, 6.07) is 1.83. The highest BCUT2D eigenvalue weighted by Crippen LogP contribution is 2.22. The standard InChI is InChI=1S/C13H18N4OS.2ClH/c1-9-17-12(8-19-9)10-6-11(16-7-10)13(18)15-5-3-2-4-14;;/h6-8,16H,2-5,14H2,1H3,(H,15,18);2*1H. The Hall–Kier alpha value is -1.08. The van der Waals surface area contributed by atoms with Gasteiger partial charge in [-0.15, -0.1) is 36.2 Å². The van der Waals surface area contributed by atoms with E-state index in [0.717, 1.165) is 29.1 Å². The second-order valence-electron chi connectivity index (χ2n) is 4.31. The smallest absolute Gasteiger partial charge is 0.267 e. The molecule has 0 radical (unpaired) electrons. The van der Waals surface area contributed by atoms with Crippen molar-refractivity contribution in [3.8, 4) is 11.3 Å². The molecule has 118 valence electrons. The van der Waals surface area contributed by atoms with Crippen LogP contribution in [0.4, 0.5) is 0 Å². The van der Waals surface area contributed by atoms with Crippen molar-refractivity contribution < 1.29 is 4.79 Å². The first kappa shape index (κ1) is 19.9. The van der Waals surface area contributed by atoms with Gasteiger partial charge in [0.15, 0.2) is 0 Å². The highest BCUT2D eigenvalue weighted by atomic mass is 35.5. The van der Waals surface area contributed by atoms with Crippen molar-refractivity contribution >= 4 is 42.1 Å². The largest absolute Gasteiger partial charge is 0.357 e. The predicted octanol–water partition coefficient (Wildman–Crippen LogP) is 2.76. The molecule has 0 aromatic carbocycles. The zero-order valence-electron chi connectivity index (χ0n) is 11.7. The normalized spacial score (nSPS) is 9.62. The van der Waals surface area contributed by atoms with E-state index in [1.54, 1.807) is 11.3 Å². The van der Waals surface area contributed by atoms with Crippen LogP contribution in [0.2, 0.25) is 0 Å². The van der Waals surface area contributed by atoms with E-state index in [1.165, 1.54) is 0 Å². The molecule has 4 N–H and O–H groups in total. The van der Waals surface area contributed by atoms with Gasteiger partial charge in [-0.1, -0.05) is 0 Å². The van der Waals surface area contributed by atoms with Crippen LogP contribution in [0.5, 0.6) is 0 Å². The summed E-state index contributed by atoms with van der Waals surface area (Å²) in [5.74, 6) is -0.0878. The van der Waals surface area contributed by atoms with Gasteiger partial charge in [0, 0.05) is 23.7 Å². The van der Waals surface area contributed by atoms with E-state index in [2.05, 4.69) is 15.3 Å². The quantitative estimate of drug-likeness (QED) is 0.700. The fourth-order valence-electron chi connectivity index (χ4n) is 1.74. The lowest BCUT2D eigenvalue weighted by molar-refractivity contribution is 0.0948. The van der Waals surface area contributed by atoms with Crippen LogP contribution < -0.4 is 11.1 Å². The van der Waals surface area contributed by atoms with Crippen molar-refractivity contribution in [3.05, 3.63) is 28.3 Å². The van der Waals surface area contributed by atoms with Crippen molar-refractivity contribution in [1.29, 1.82) is 0 Å². The SMILES string of the molecule is Cc1nc(-c2c[nH]c(C(=O)NCCCCN)c2)cs1.Cl.Cl. The van der Waals surface area contributed by atoms with Crippen LogP contribution >= 0.6 is 36.2 Å². The Kier molecular flexibility index (Phi) is 9.28. The second kappa shape index (κ2) is 9.78. The van der Waals surface area contributed by atoms with E-state index >= 15 is 0 Å². The number of amides is 1. The number of aryl methyl sites for hydroxylation is 1. The molecule has 0 bridgehead atoms. The summed E-state index contributed by atoms with van der Waals surface area (Å²) in [6.07, 6.45) is 3.64. The van der Waals surface area contributed by atoms with Crippen molar-refractivity contribution in [2.75, 3.05) is 13.1 Å². The maximum Gasteiger partial charge on any atom is 0.267 e. The molecule has 0 unspecified atom stereocenters. The fourth-order valence-corrected chi connectivity index (χ4v) is 2.36. The van der Waals surface area contributed by atoms with Crippen LogP contribution in [0.3, 0.4) is 0 Å². The molecule has 2 aromatic heterocycles. The highest BCUT2D eigenvalue weighted by Gasteiger charge is 2.10. The molecule has 0 fully saturated rings. The lowest BCUT2D eigenvalue weighted by Crippen LogP contribution is -2.25. The predicted molar refractivity (Wildman–Crippen MR) is 91.8 cm³/mol. The molecule has 2 heterocycles. The van der Waals surface area contributed by atoms with Gasteiger partial charge in [0.2, 0.25) is 0 Å². The first-order chi connectivity index (χ1) is 9.20. The molecule has 0 aliphatic carbocycles. The lowest BCUT2D eigenvalue weighted by Gasteiger charge is -2.02. The number of hydrogen-bond acceptors (Lipinski definition) is 4. The molecule has 21 heavy (non-hydrogen) atoms. The minimum Gasteiger partial charge on any atom is -0.357 e. The number of carbonyl (C=O) groups excluding carboxylic acids is 1. The van der Waals surface area contributed by atoms with Gasteiger partial charge in [0.25, 0.3) is 5.91 Å². The Labute approximate surface area is 140 Å². The lowest BCUT2D eigenvalue weighted by atomic mass is 10.2. The van der Waals surface area contributed by atoms with Crippen LogP contribution in [0.1, 0.15) is 28.3 Å². The van der Waals surface area contributed by atoms with E-state index in [1.807, 2.05) is 24.6 Å². The van der Waals surface area contributed by atoms with Crippen molar-refractivity contribution in [2.24, 2.45) is 5.73 Å². The van der Waals surface area contributed by atoms with Crippen LogP contribution in [-0.2, 0) is 0 Å². The number of aromatic nitrogens is 2. The average Bonchev–Trinajstić information content (AvgIpc) is 3.02. The molecule has 2 rings (SSSR count). The zero-order valence-corrected chi connectivity index (χ0v) is 14.2. The van der Waals surface area contributed by atoms with Gasteiger partial charge in [0.05, 0.1) is 10.7 Å². The third-order valence-corrected chi connectivity index (χ3v) is 3.53. The monoisotopic (exact) mass is 350 g/mol. The molecular weight excluding hydrogens is 331 g/mol. The molecule has 5 nitrogen and oxygen atoms in total. The average molecular weight is 351 g/mol. The first-order valence-corrected chi connectivity index (χ1v) is 7.18. The Morgan fingerprint density at radius 1 is 1.43 bits per heavy atom. The number of nitrogens with one attached hydrogen (secondary N) is 2. The Morgan fingerprint density at radius 3 is 2.81 bits per heavy atom. The highest BCUT2D eigenvalue weighted by molar-refractivity contribution is 7.09. The number of rotatable bonds is 6. The van der Waals surface area contributed by atoms with Crippen molar-refractivity contribution in [1.82, 2.24) is 15.3 Å². The summed E-state index contributed by atoms with van der Waals surface area (Å²) in [5, 5.41) is 5.87.